The lowest BCUT2D eigenvalue weighted by Crippen LogP contribution is -2.28. The van der Waals surface area contributed by atoms with Gasteiger partial charge >= 0.3 is 11.9 Å². The number of rotatable bonds is 25. The second kappa shape index (κ2) is 24.2. The van der Waals surface area contributed by atoms with Crippen LogP contribution in [0.15, 0.2) is 36.5 Å². The van der Waals surface area contributed by atoms with Gasteiger partial charge in [0, 0.05) is 18.8 Å². The van der Waals surface area contributed by atoms with Crippen LogP contribution in [-0.4, -0.2) is 53.4 Å². The third kappa shape index (κ3) is 19.0. The summed E-state index contributed by atoms with van der Waals surface area (Å²) < 4.78 is 10.5. The summed E-state index contributed by atoms with van der Waals surface area (Å²) in [5.74, 6) is -0.0886. The van der Waals surface area contributed by atoms with Gasteiger partial charge in [-0.1, -0.05) is 109 Å². The summed E-state index contributed by atoms with van der Waals surface area (Å²) in [5.41, 5.74) is 0. The molecule has 0 heterocycles. The highest BCUT2D eigenvalue weighted by molar-refractivity contribution is 5.95. The molecule has 7 heteroatoms. The van der Waals surface area contributed by atoms with E-state index in [1.54, 1.807) is 12.2 Å². The first-order chi connectivity index (χ1) is 20.3. The quantitative estimate of drug-likeness (QED) is 0.0657. The van der Waals surface area contributed by atoms with Crippen molar-refractivity contribution in [2.45, 2.75) is 136 Å². The number of unbranched alkanes of at least 4 members (excludes halogenated alkanes) is 8. The Balaban J connectivity index is 2.18. The third-order valence-electron chi connectivity index (χ3n) is 7.61. The van der Waals surface area contributed by atoms with Gasteiger partial charge in [-0.2, -0.15) is 0 Å². The van der Waals surface area contributed by atoms with E-state index in [1.807, 2.05) is 24.3 Å². The van der Waals surface area contributed by atoms with Crippen LogP contribution >= 0.6 is 0 Å². The molecule has 0 radical (unpaired) electrons. The molecule has 2 N–H and O–H groups in total. The van der Waals surface area contributed by atoms with Crippen LogP contribution in [0.5, 0.6) is 0 Å². The molecule has 7 nitrogen and oxygen atoms in total. The molecule has 0 unspecified atom stereocenters. The predicted molar refractivity (Wildman–Crippen MR) is 168 cm³/mol. The highest BCUT2D eigenvalue weighted by Gasteiger charge is 2.27. The van der Waals surface area contributed by atoms with E-state index in [1.165, 1.54) is 25.7 Å². The molecule has 0 amide bonds. The van der Waals surface area contributed by atoms with E-state index >= 15 is 0 Å². The fraction of sp³-hybridized carbons (Fsp3) is 0.743. The lowest BCUT2D eigenvalue weighted by molar-refractivity contribution is -0.161. The molecule has 0 fully saturated rings. The van der Waals surface area contributed by atoms with E-state index in [4.69, 9.17) is 9.47 Å². The van der Waals surface area contributed by atoms with Crippen LogP contribution in [0.4, 0.5) is 0 Å². The van der Waals surface area contributed by atoms with E-state index in [0.29, 0.717) is 25.7 Å². The molecule has 0 spiro atoms. The van der Waals surface area contributed by atoms with Crippen molar-refractivity contribution in [3.63, 3.8) is 0 Å². The van der Waals surface area contributed by atoms with E-state index < -0.39 is 24.8 Å². The molecule has 0 saturated carbocycles. The largest absolute Gasteiger partial charge is 0.462 e. The maximum absolute atomic E-state index is 12.2. The van der Waals surface area contributed by atoms with Gasteiger partial charge in [-0.05, 0) is 50.0 Å². The zero-order valence-electron chi connectivity index (χ0n) is 26.5. The van der Waals surface area contributed by atoms with Crippen molar-refractivity contribution in [1.29, 1.82) is 0 Å². The SMILES string of the molecule is CCCCC[C@H](O)/C=C/[C@H]1C(=O)C=C[C@@H]1C/C=C\CCCC(=O)O[C@@H](CO)COC(=O)CCCCCCCCC(C)C. The molecule has 0 aliphatic heterocycles. The van der Waals surface area contributed by atoms with Gasteiger partial charge in [0.05, 0.1) is 12.7 Å². The summed E-state index contributed by atoms with van der Waals surface area (Å²) in [4.78, 5) is 36.4. The van der Waals surface area contributed by atoms with Crippen molar-refractivity contribution in [1.82, 2.24) is 0 Å². The highest BCUT2D eigenvalue weighted by Crippen LogP contribution is 2.27. The Labute approximate surface area is 254 Å². The Morgan fingerprint density at radius 2 is 1.62 bits per heavy atom. The van der Waals surface area contributed by atoms with Gasteiger partial charge in [0.2, 0.25) is 0 Å². The molecule has 0 aromatic heterocycles. The Bertz CT molecular complexity index is 829. The second-order valence-corrected chi connectivity index (χ2v) is 12.0. The summed E-state index contributed by atoms with van der Waals surface area (Å²) in [5, 5.41) is 19.6. The molecule has 4 atom stereocenters. The lowest BCUT2D eigenvalue weighted by atomic mass is 9.90. The Kier molecular flexibility index (Phi) is 21.8. The molecule has 0 aromatic carbocycles. The van der Waals surface area contributed by atoms with Crippen LogP contribution in [0.2, 0.25) is 0 Å². The van der Waals surface area contributed by atoms with Crippen LogP contribution in [0.3, 0.4) is 0 Å². The van der Waals surface area contributed by atoms with E-state index in [0.717, 1.165) is 50.9 Å². The fourth-order valence-electron chi connectivity index (χ4n) is 4.96. The number of carbonyl (C=O) groups excluding carboxylic acids is 3. The normalized spacial score (nSPS) is 18.4. The molecule has 240 valence electrons. The summed E-state index contributed by atoms with van der Waals surface area (Å²) >= 11 is 0. The number of aliphatic hydroxyl groups is 2. The average Bonchev–Trinajstić information content (AvgIpc) is 3.31. The summed E-state index contributed by atoms with van der Waals surface area (Å²) in [6.45, 7) is 6.09. The molecule has 0 bridgehead atoms. The number of allylic oxidation sites excluding steroid dienone is 5. The average molecular weight is 591 g/mol. The maximum atomic E-state index is 12.2. The van der Waals surface area contributed by atoms with Gasteiger partial charge in [-0.25, -0.2) is 0 Å². The number of hydrogen-bond acceptors (Lipinski definition) is 7. The monoisotopic (exact) mass is 590 g/mol. The molecule has 1 rings (SSSR count). The van der Waals surface area contributed by atoms with Crippen LogP contribution in [0.1, 0.15) is 124 Å². The number of hydrogen-bond donors (Lipinski definition) is 2. The highest BCUT2D eigenvalue weighted by atomic mass is 16.6. The fourth-order valence-corrected chi connectivity index (χ4v) is 4.96. The van der Waals surface area contributed by atoms with Gasteiger partial charge in [-0.3, -0.25) is 14.4 Å². The smallest absolute Gasteiger partial charge is 0.306 e. The Morgan fingerprint density at radius 3 is 2.33 bits per heavy atom. The van der Waals surface area contributed by atoms with Gasteiger partial charge in [0.25, 0.3) is 0 Å². The topological polar surface area (TPSA) is 110 Å². The van der Waals surface area contributed by atoms with Crippen LogP contribution in [0, 0.1) is 17.8 Å². The van der Waals surface area contributed by atoms with Crippen molar-refractivity contribution >= 4 is 17.7 Å². The number of ether oxygens (including phenoxy) is 2. The maximum Gasteiger partial charge on any atom is 0.306 e. The van der Waals surface area contributed by atoms with Gasteiger partial charge in [-0.15, -0.1) is 0 Å². The zero-order chi connectivity index (χ0) is 31.0. The zero-order valence-corrected chi connectivity index (χ0v) is 26.5. The first kappa shape index (κ1) is 37.8. The van der Waals surface area contributed by atoms with Gasteiger partial charge < -0.3 is 19.7 Å². The molecule has 0 saturated heterocycles. The minimum absolute atomic E-state index is 0.0696. The minimum atomic E-state index is -0.847. The van der Waals surface area contributed by atoms with Crippen molar-refractivity contribution < 1.29 is 34.1 Å². The molecule has 0 aromatic rings. The minimum Gasteiger partial charge on any atom is -0.462 e. The van der Waals surface area contributed by atoms with Crippen LogP contribution < -0.4 is 0 Å². The number of carbonyl (C=O) groups is 3. The molecule has 42 heavy (non-hydrogen) atoms. The number of esters is 2. The Morgan fingerprint density at radius 1 is 0.929 bits per heavy atom. The Hall–Kier alpha value is -2.25. The van der Waals surface area contributed by atoms with Crippen molar-refractivity contribution in [3.05, 3.63) is 36.5 Å². The number of aliphatic hydroxyl groups excluding tert-OH is 2. The van der Waals surface area contributed by atoms with Gasteiger partial charge in [0.15, 0.2) is 11.9 Å². The summed E-state index contributed by atoms with van der Waals surface area (Å²) in [6.07, 6.45) is 24.1. The standard InChI is InChI=1S/C35H58O7/c1-4-5-12-19-30(37)23-24-32-29(22-25-33(32)38)18-14-10-11-16-21-35(40)42-31(26-36)27-41-34(39)20-15-9-7-6-8-13-17-28(2)3/h10,14,22-25,28-32,36-37H,4-9,11-13,15-21,26-27H2,1-3H3/b14-10-,24-23+/t29-,30-,31-,32+/m0/s1. The molecular formula is C35H58O7. The van der Waals surface area contributed by atoms with Crippen LogP contribution in [-0.2, 0) is 23.9 Å². The van der Waals surface area contributed by atoms with Crippen LogP contribution in [0.25, 0.3) is 0 Å². The first-order valence-corrected chi connectivity index (χ1v) is 16.5. The number of ketones is 1. The van der Waals surface area contributed by atoms with Gasteiger partial charge in [0.1, 0.15) is 6.61 Å². The van der Waals surface area contributed by atoms with Crippen molar-refractivity contribution in [2.75, 3.05) is 13.2 Å². The first-order valence-electron chi connectivity index (χ1n) is 16.5. The van der Waals surface area contributed by atoms with E-state index in [-0.39, 0.29) is 36.6 Å². The van der Waals surface area contributed by atoms with Crippen molar-refractivity contribution in [3.8, 4) is 0 Å². The van der Waals surface area contributed by atoms with E-state index in [9.17, 15) is 24.6 Å². The third-order valence-corrected chi connectivity index (χ3v) is 7.61. The molecular weight excluding hydrogens is 532 g/mol. The van der Waals surface area contributed by atoms with E-state index in [2.05, 4.69) is 20.8 Å². The molecule has 1 aliphatic rings. The molecule has 1 aliphatic carbocycles. The lowest BCUT2D eigenvalue weighted by Gasteiger charge is -2.15. The van der Waals surface area contributed by atoms with Crippen molar-refractivity contribution in [2.24, 2.45) is 17.8 Å². The second-order valence-electron chi connectivity index (χ2n) is 12.0. The summed E-state index contributed by atoms with van der Waals surface area (Å²) in [7, 11) is 0. The predicted octanol–water partition coefficient (Wildman–Crippen LogP) is 7.20. The summed E-state index contributed by atoms with van der Waals surface area (Å²) in [6, 6.07) is 0.